The lowest BCUT2D eigenvalue weighted by Crippen LogP contribution is -2.16. The number of amides is 1. The largest absolute Gasteiger partial charge is 0.493 e. The number of alkyl halides is 3. The molecule has 11 heteroatoms. The minimum absolute atomic E-state index is 0.130. The Morgan fingerprint density at radius 1 is 1.17 bits per heavy atom. The molecule has 4 aromatic rings. The lowest BCUT2D eigenvalue weighted by atomic mass is 10.1. The van der Waals surface area contributed by atoms with Gasteiger partial charge in [-0.2, -0.15) is 13.2 Å². The number of allylic oxidation sites excluding steroid dienone is 1. The normalized spacial score (nSPS) is 11.7. The van der Waals surface area contributed by atoms with Gasteiger partial charge in [-0.15, -0.1) is 11.3 Å². The van der Waals surface area contributed by atoms with E-state index in [4.69, 9.17) is 9.47 Å². The summed E-state index contributed by atoms with van der Waals surface area (Å²) in [5.41, 5.74) is 0.484. The van der Waals surface area contributed by atoms with E-state index in [9.17, 15) is 18.0 Å². The first-order chi connectivity index (χ1) is 16.7. The van der Waals surface area contributed by atoms with Crippen LogP contribution in [0.15, 0.2) is 60.3 Å². The fourth-order valence-corrected chi connectivity index (χ4v) is 3.96. The predicted molar refractivity (Wildman–Crippen MR) is 128 cm³/mol. The number of halogens is 3. The first-order valence-corrected chi connectivity index (χ1v) is 11.0. The average Bonchev–Trinajstić information content (AvgIpc) is 3.42. The van der Waals surface area contributed by atoms with Gasteiger partial charge in [0.05, 0.1) is 18.6 Å². The number of benzene rings is 1. The first-order valence-electron chi connectivity index (χ1n) is 10.2. The van der Waals surface area contributed by atoms with Crippen LogP contribution in [0.2, 0.25) is 0 Å². The van der Waals surface area contributed by atoms with E-state index in [0.29, 0.717) is 45.5 Å². The van der Waals surface area contributed by atoms with Crippen LogP contribution < -0.4 is 14.8 Å². The van der Waals surface area contributed by atoms with Gasteiger partial charge in [-0.05, 0) is 37.3 Å². The average molecular weight is 501 g/mol. The van der Waals surface area contributed by atoms with Crippen molar-refractivity contribution in [1.82, 2.24) is 14.4 Å². The standard InChI is InChI=1S/C24H19F3N4O3S/c1-14(2)34-21-15(7-6-8-17(21)33-3)10-11-16-20(31-12-5-4-9-19(31)28-16)22(32)30-23-29-18(13-35-23)24(25,26)27/h4-13H,1H2,2-3H3,(H,29,30,32)/b11-10+. The van der Waals surface area contributed by atoms with Gasteiger partial charge in [-0.1, -0.05) is 24.8 Å². The summed E-state index contributed by atoms with van der Waals surface area (Å²) in [5, 5.41) is 3.11. The molecule has 1 N–H and O–H groups in total. The number of ether oxygens (including phenoxy) is 2. The zero-order chi connectivity index (χ0) is 25.2. The summed E-state index contributed by atoms with van der Waals surface area (Å²) in [7, 11) is 1.52. The van der Waals surface area contributed by atoms with Crippen LogP contribution in [-0.4, -0.2) is 27.4 Å². The second-order valence-corrected chi connectivity index (χ2v) is 8.14. The zero-order valence-electron chi connectivity index (χ0n) is 18.6. The third kappa shape index (κ3) is 5.19. The minimum atomic E-state index is -4.60. The molecular weight excluding hydrogens is 481 g/mol. The van der Waals surface area contributed by atoms with E-state index in [0.717, 1.165) is 5.38 Å². The summed E-state index contributed by atoms with van der Waals surface area (Å²) in [4.78, 5) is 21.1. The number of nitrogens with zero attached hydrogens (tertiary/aromatic N) is 3. The fraction of sp³-hybridized carbons (Fsp3) is 0.125. The summed E-state index contributed by atoms with van der Waals surface area (Å²) in [6.07, 6.45) is 0.352. The second kappa shape index (κ2) is 9.63. The number of imidazole rings is 1. The van der Waals surface area contributed by atoms with Crippen LogP contribution in [0.5, 0.6) is 11.5 Å². The number of aromatic nitrogens is 3. The molecule has 0 fully saturated rings. The van der Waals surface area contributed by atoms with E-state index in [2.05, 4.69) is 21.9 Å². The Kier molecular flexibility index (Phi) is 6.61. The van der Waals surface area contributed by atoms with Crippen molar-refractivity contribution in [2.24, 2.45) is 0 Å². The molecule has 0 bridgehead atoms. The number of para-hydroxylation sites is 1. The van der Waals surface area contributed by atoms with Gasteiger partial charge in [0.1, 0.15) is 11.3 Å². The van der Waals surface area contributed by atoms with Gasteiger partial charge in [0, 0.05) is 17.1 Å². The fourth-order valence-electron chi connectivity index (χ4n) is 3.25. The van der Waals surface area contributed by atoms with Gasteiger partial charge in [-0.3, -0.25) is 14.5 Å². The molecule has 180 valence electrons. The number of hydrogen-bond acceptors (Lipinski definition) is 6. The Labute approximate surface area is 202 Å². The van der Waals surface area contributed by atoms with Crippen LogP contribution in [-0.2, 0) is 6.18 Å². The van der Waals surface area contributed by atoms with Crippen molar-refractivity contribution in [3.05, 3.63) is 83.0 Å². The Hall–Kier alpha value is -4.12. The Balaban J connectivity index is 1.72. The SMILES string of the molecule is C=C(C)Oc1c(/C=C/c2nc3ccccn3c2C(=O)Nc2nc(C(F)(F)F)cs2)cccc1OC. The summed E-state index contributed by atoms with van der Waals surface area (Å²) in [6, 6.07) is 10.5. The molecule has 35 heavy (non-hydrogen) atoms. The van der Waals surface area contributed by atoms with Gasteiger partial charge in [0.15, 0.2) is 22.3 Å². The summed E-state index contributed by atoms with van der Waals surface area (Å²) in [5.74, 6) is 0.734. The van der Waals surface area contributed by atoms with Crippen molar-refractivity contribution >= 4 is 40.2 Å². The molecule has 3 aromatic heterocycles. The smallest absolute Gasteiger partial charge is 0.434 e. The molecule has 0 aliphatic carbocycles. The van der Waals surface area contributed by atoms with Crippen molar-refractivity contribution < 1.29 is 27.4 Å². The van der Waals surface area contributed by atoms with Gasteiger partial charge in [0.25, 0.3) is 5.91 Å². The number of carbonyl (C=O) groups excluding carboxylic acids is 1. The Morgan fingerprint density at radius 2 is 1.97 bits per heavy atom. The topological polar surface area (TPSA) is 77.8 Å². The van der Waals surface area contributed by atoms with Gasteiger partial charge in [-0.25, -0.2) is 9.97 Å². The number of thiazole rings is 1. The van der Waals surface area contributed by atoms with E-state index in [-0.39, 0.29) is 10.8 Å². The summed E-state index contributed by atoms with van der Waals surface area (Å²) < 4.78 is 51.3. The molecule has 3 heterocycles. The third-order valence-corrected chi connectivity index (χ3v) is 5.47. The van der Waals surface area contributed by atoms with Crippen molar-refractivity contribution in [2.75, 3.05) is 12.4 Å². The highest BCUT2D eigenvalue weighted by Gasteiger charge is 2.34. The van der Waals surface area contributed by atoms with Gasteiger partial charge < -0.3 is 9.47 Å². The van der Waals surface area contributed by atoms with E-state index in [1.165, 1.54) is 7.11 Å². The highest BCUT2D eigenvalue weighted by atomic mass is 32.1. The van der Waals surface area contributed by atoms with E-state index in [1.54, 1.807) is 66.1 Å². The molecule has 1 aromatic carbocycles. The van der Waals surface area contributed by atoms with E-state index < -0.39 is 17.8 Å². The minimum Gasteiger partial charge on any atom is -0.493 e. The summed E-state index contributed by atoms with van der Waals surface area (Å²) in [6.45, 7) is 5.46. The number of hydrogen-bond donors (Lipinski definition) is 1. The number of anilines is 1. The lowest BCUT2D eigenvalue weighted by molar-refractivity contribution is -0.140. The quantitative estimate of drug-likeness (QED) is 0.308. The molecule has 0 saturated heterocycles. The number of pyridine rings is 1. The molecule has 4 rings (SSSR count). The molecule has 0 unspecified atom stereocenters. The maximum Gasteiger partial charge on any atom is 0.434 e. The molecule has 7 nitrogen and oxygen atoms in total. The Morgan fingerprint density at radius 3 is 2.66 bits per heavy atom. The van der Waals surface area contributed by atoms with E-state index in [1.807, 2.05) is 0 Å². The van der Waals surface area contributed by atoms with Crippen molar-refractivity contribution in [3.63, 3.8) is 0 Å². The molecule has 1 amide bonds. The highest BCUT2D eigenvalue weighted by molar-refractivity contribution is 7.14. The number of methoxy groups -OCH3 is 1. The van der Waals surface area contributed by atoms with Crippen molar-refractivity contribution in [3.8, 4) is 11.5 Å². The number of fused-ring (bicyclic) bond motifs is 1. The Bertz CT molecular complexity index is 1440. The lowest BCUT2D eigenvalue weighted by Gasteiger charge is -2.12. The molecule has 0 atom stereocenters. The van der Waals surface area contributed by atoms with Gasteiger partial charge >= 0.3 is 6.18 Å². The molecule has 0 radical (unpaired) electrons. The maximum atomic E-state index is 13.1. The first kappa shape index (κ1) is 24.0. The molecule has 0 aliphatic heterocycles. The van der Waals surface area contributed by atoms with Crippen LogP contribution >= 0.6 is 11.3 Å². The van der Waals surface area contributed by atoms with E-state index >= 15 is 0 Å². The number of rotatable bonds is 7. The molecule has 0 spiro atoms. The molecule has 0 aliphatic rings. The van der Waals surface area contributed by atoms with Crippen LogP contribution in [0.4, 0.5) is 18.3 Å². The second-order valence-electron chi connectivity index (χ2n) is 7.28. The van der Waals surface area contributed by atoms with Crippen molar-refractivity contribution in [1.29, 1.82) is 0 Å². The molecule has 0 saturated carbocycles. The van der Waals surface area contributed by atoms with Gasteiger partial charge in [0.2, 0.25) is 0 Å². The maximum absolute atomic E-state index is 13.1. The van der Waals surface area contributed by atoms with Crippen molar-refractivity contribution in [2.45, 2.75) is 13.1 Å². The zero-order valence-corrected chi connectivity index (χ0v) is 19.4. The van der Waals surface area contributed by atoms with Crippen LogP contribution in [0.1, 0.15) is 34.4 Å². The predicted octanol–water partition coefficient (Wildman–Crippen LogP) is 6.15. The number of nitrogens with one attached hydrogen (secondary N) is 1. The monoisotopic (exact) mass is 500 g/mol. The molecular formula is C24H19F3N4O3S. The van der Waals surface area contributed by atoms with Crippen LogP contribution in [0, 0.1) is 0 Å². The number of carbonyl (C=O) groups is 1. The van der Waals surface area contributed by atoms with Crippen LogP contribution in [0.3, 0.4) is 0 Å². The third-order valence-electron chi connectivity index (χ3n) is 4.71. The van der Waals surface area contributed by atoms with Crippen LogP contribution in [0.25, 0.3) is 17.8 Å². The summed E-state index contributed by atoms with van der Waals surface area (Å²) >= 11 is 0.686. The highest BCUT2D eigenvalue weighted by Crippen LogP contribution is 2.34.